The van der Waals surface area contributed by atoms with Gasteiger partial charge in [0, 0.05) is 12.6 Å². The maximum absolute atomic E-state index is 12.1. The summed E-state index contributed by atoms with van der Waals surface area (Å²) in [4.78, 5) is 12.1. The molecule has 1 amide bonds. The number of nitrogens with one attached hydrogen (secondary N) is 1. The third-order valence-corrected chi connectivity index (χ3v) is 4.12. The van der Waals surface area contributed by atoms with Crippen molar-refractivity contribution in [3.63, 3.8) is 0 Å². The van der Waals surface area contributed by atoms with Gasteiger partial charge in [0.15, 0.2) is 0 Å². The summed E-state index contributed by atoms with van der Waals surface area (Å²) in [6.45, 7) is 5.04. The molecule has 20 heavy (non-hydrogen) atoms. The molecule has 0 bridgehead atoms. The maximum atomic E-state index is 12.1. The summed E-state index contributed by atoms with van der Waals surface area (Å²) in [7, 11) is 0. The molecule has 112 valence electrons. The number of nitrogens with zero attached hydrogens (tertiary/aromatic N) is 3. The summed E-state index contributed by atoms with van der Waals surface area (Å²) in [6.07, 6.45) is 6.50. The van der Waals surface area contributed by atoms with Gasteiger partial charge in [-0.2, -0.15) is 0 Å². The van der Waals surface area contributed by atoms with Crippen molar-refractivity contribution in [2.45, 2.75) is 58.7 Å². The van der Waals surface area contributed by atoms with Crippen LogP contribution in [0.2, 0.25) is 0 Å². The summed E-state index contributed by atoms with van der Waals surface area (Å²) in [6, 6.07) is 0.300. The number of hydrogen-bond donors (Lipinski definition) is 2. The largest absolute Gasteiger partial charge is 0.351 e. The summed E-state index contributed by atoms with van der Waals surface area (Å²) in [5.41, 5.74) is 6.18. The number of carbonyl (C=O) groups is 1. The van der Waals surface area contributed by atoms with E-state index in [0.29, 0.717) is 30.1 Å². The molecule has 1 saturated carbocycles. The molecular formula is C14H25N5O. The second-order valence-electron chi connectivity index (χ2n) is 5.98. The summed E-state index contributed by atoms with van der Waals surface area (Å²) in [5, 5.41) is 11.0. The van der Waals surface area contributed by atoms with E-state index in [4.69, 9.17) is 5.73 Å². The van der Waals surface area contributed by atoms with Crippen LogP contribution in [-0.4, -0.2) is 26.9 Å². The fourth-order valence-corrected chi connectivity index (χ4v) is 3.05. The molecule has 2 unspecified atom stereocenters. The first-order valence-electron chi connectivity index (χ1n) is 7.48. The lowest BCUT2D eigenvalue weighted by Gasteiger charge is -2.34. The second-order valence-corrected chi connectivity index (χ2v) is 5.98. The Labute approximate surface area is 120 Å². The van der Waals surface area contributed by atoms with Crippen LogP contribution in [0, 0.1) is 11.8 Å². The SMILES string of the molecule is CC(C)C1CCCCC1NC(=O)Cn1cc(CN)nn1. The normalized spacial score (nSPS) is 23.0. The quantitative estimate of drug-likeness (QED) is 0.844. The molecule has 1 fully saturated rings. The second kappa shape index (κ2) is 6.83. The molecular weight excluding hydrogens is 254 g/mol. The molecule has 1 heterocycles. The number of nitrogens with two attached hydrogens (primary N) is 1. The molecule has 0 radical (unpaired) electrons. The zero-order valence-electron chi connectivity index (χ0n) is 12.4. The smallest absolute Gasteiger partial charge is 0.242 e. The number of hydrogen-bond acceptors (Lipinski definition) is 4. The summed E-state index contributed by atoms with van der Waals surface area (Å²) in [5.74, 6) is 1.20. The fraction of sp³-hybridized carbons (Fsp3) is 0.786. The van der Waals surface area contributed by atoms with Crippen molar-refractivity contribution in [1.82, 2.24) is 20.3 Å². The molecule has 6 nitrogen and oxygen atoms in total. The van der Waals surface area contributed by atoms with Crippen LogP contribution in [0.5, 0.6) is 0 Å². The van der Waals surface area contributed by atoms with Gasteiger partial charge in [-0.05, 0) is 24.7 Å². The molecule has 1 aromatic rings. The molecule has 1 aliphatic carbocycles. The number of amides is 1. The van der Waals surface area contributed by atoms with Gasteiger partial charge in [-0.3, -0.25) is 4.79 Å². The molecule has 2 rings (SSSR count). The van der Waals surface area contributed by atoms with Gasteiger partial charge >= 0.3 is 0 Å². The highest BCUT2D eigenvalue weighted by Gasteiger charge is 2.28. The molecule has 0 saturated heterocycles. The van der Waals surface area contributed by atoms with E-state index in [9.17, 15) is 4.79 Å². The minimum absolute atomic E-state index is 0.0102. The molecule has 0 aliphatic heterocycles. The lowest BCUT2D eigenvalue weighted by molar-refractivity contribution is -0.123. The van der Waals surface area contributed by atoms with Crippen LogP contribution in [0.4, 0.5) is 0 Å². The summed E-state index contributed by atoms with van der Waals surface area (Å²) >= 11 is 0. The van der Waals surface area contributed by atoms with Gasteiger partial charge in [0.1, 0.15) is 6.54 Å². The van der Waals surface area contributed by atoms with Crippen molar-refractivity contribution in [3.8, 4) is 0 Å². The number of rotatable bonds is 5. The highest BCUT2D eigenvalue weighted by atomic mass is 16.2. The van der Waals surface area contributed by atoms with E-state index in [1.165, 1.54) is 19.3 Å². The van der Waals surface area contributed by atoms with E-state index >= 15 is 0 Å². The van der Waals surface area contributed by atoms with Gasteiger partial charge in [-0.15, -0.1) is 5.10 Å². The first-order chi connectivity index (χ1) is 9.60. The lowest BCUT2D eigenvalue weighted by Crippen LogP contribution is -2.45. The zero-order chi connectivity index (χ0) is 14.5. The average Bonchev–Trinajstić information content (AvgIpc) is 2.86. The Bertz CT molecular complexity index is 443. The van der Waals surface area contributed by atoms with Crippen LogP contribution in [0.25, 0.3) is 0 Å². The van der Waals surface area contributed by atoms with E-state index in [2.05, 4.69) is 29.5 Å². The highest BCUT2D eigenvalue weighted by Crippen LogP contribution is 2.30. The van der Waals surface area contributed by atoms with Crippen molar-refractivity contribution in [1.29, 1.82) is 0 Å². The zero-order valence-corrected chi connectivity index (χ0v) is 12.4. The van der Waals surface area contributed by atoms with Crippen LogP contribution in [-0.2, 0) is 17.9 Å². The van der Waals surface area contributed by atoms with Crippen molar-refractivity contribution < 1.29 is 4.79 Å². The molecule has 1 aliphatic rings. The van der Waals surface area contributed by atoms with E-state index in [-0.39, 0.29) is 12.5 Å². The Morgan fingerprint density at radius 1 is 1.50 bits per heavy atom. The third-order valence-electron chi connectivity index (χ3n) is 4.12. The Kier molecular flexibility index (Phi) is 5.11. The van der Waals surface area contributed by atoms with E-state index < -0.39 is 0 Å². The van der Waals surface area contributed by atoms with E-state index in [1.54, 1.807) is 10.9 Å². The van der Waals surface area contributed by atoms with Gasteiger partial charge in [0.25, 0.3) is 0 Å². The lowest BCUT2D eigenvalue weighted by atomic mass is 9.78. The van der Waals surface area contributed by atoms with Crippen molar-refractivity contribution in [2.24, 2.45) is 17.6 Å². The van der Waals surface area contributed by atoms with Crippen molar-refractivity contribution in [2.75, 3.05) is 0 Å². The third kappa shape index (κ3) is 3.79. The van der Waals surface area contributed by atoms with Crippen LogP contribution >= 0.6 is 0 Å². The Hall–Kier alpha value is -1.43. The average molecular weight is 279 g/mol. The van der Waals surface area contributed by atoms with Crippen molar-refractivity contribution >= 4 is 5.91 Å². The maximum Gasteiger partial charge on any atom is 0.242 e. The Balaban J connectivity index is 1.89. The van der Waals surface area contributed by atoms with E-state index in [1.807, 2.05) is 0 Å². The molecule has 1 aromatic heterocycles. The number of aromatic nitrogens is 3. The van der Waals surface area contributed by atoms with Crippen LogP contribution < -0.4 is 11.1 Å². The van der Waals surface area contributed by atoms with Gasteiger partial charge in [0.2, 0.25) is 5.91 Å². The molecule has 3 N–H and O–H groups in total. The highest BCUT2D eigenvalue weighted by molar-refractivity contribution is 5.76. The predicted octanol–water partition coefficient (Wildman–Crippen LogP) is 1.07. The summed E-state index contributed by atoms with van der Waals surface area (Å²) < 4.78 is 1.55. The van der Waals surface area contributed by atoms with Crippen LogP contribution in [0.1, 0.15) is 45.2 Å². The van der Waals surface area contributed by atoms with Crippen LogP contribution in [0.3, 0.4) is 0 Å². The standard InChI is InChI=1S/C14H25N5O/c1-10(2)12-5-3-4-6-13(12)16-14(20)9-19-8-11(7-15)17-18-19/h8,10,12-13H,3-7,9,15H2,1-2H3,(H,16,20). The number of carbonyl (C=O) groups excluding carboxylic acids is 1. The Morgan fingerprint density at radius 2 is 2.25 bits per heavy atom. The van der Waals surface area contributed by atoms with Crippen molar-refractivity contribution in [3.05, 3.63) is 11.9 Å². The minimum atomic E-state index is 0.0102. The van der Waals surface area contributed by atoms with Gasteiger partial charge in [-0.25, -0.2) is 4.68 Å². The topological polar surface area (TPSA) is 85.8 Å². The Morgan fingerprint density at radius 3 is 2.90 bits per heavy atom. The van der Waals surface area contributed by atoms with Crippen LogP contribution in [0.15, 0.2) is 6.20 Å². The minimum Gasteiger partial charge on any atom is -0.351 e. The van der Waals surface area contributed by atoms with Gasteiger partial charge in [-0.1, -0.05) is 31.9 Å². The fourth-order valence-electron chi connectivity index (χ4n) is 3.05. The first kappa shape index (κ1) is 15.0. The predicted molar refractivity (Wildman–Crippen MR) is 76.6 cm³/mol. The molecule has 2 atom stereocenters. The first-order valence-corrected chi connectivity index (χ1v) is 7.48. The van der Waals surface area contributed by atoms with Gasteiger partial charge < -0.3 is 11.1 Å². The van der Waals surface area contributed by atoms with E-state index in [0.717, 1.165) is 6.42 Å². The monoisotopic (exact) mass is 279 g/mol. The molecule has 0 aromatic carbocycles. The van der Waals surface area contributed by atoms with Gasteiger partial charge in [0.05, 0.1) is 11.9 Å². The molecule has 0 spiro atoms. The molecule has 6 heteroatoms.